The molecule has 0 unspecified atom stereocenters. The standard InChI is InChI=1S/C16H25ClN2O3S/c1-2-3-4-5-6-12-18-16(20)11-13-19-23(21,22)15-9-7-14(17)8-10-15/h7-10,19H,2-6,11-13H2,1H3,(H,18,20). The highest BCUT2D eigenvalue weighted by Gasteiger charge is 2.13. The van der Waals surface area contributed by atoms with Crippen LogP contribution in [0.2, 0.25) is 5.02 Å². The van der Waals surface area contributed by atoms with Gasteiger partial charge in [-0.25, -0.2) is 13.1 Å². The lowest BCUT2D eigenvalue weighted by atomic mass is 10.1. The monoisotopic (exact) mass is 360 g/mol. The lowest BCUT2D eigenvalue weighted by molar-refractivity contribution is -0.120. The van der Waals surface area contributed by atoms with Crippen LogP contribution in [-0.4, -0.2) is 27.4 Å². The van der Waals surface area contributed by atoms with Crippen molar-refractivity contribution in [1.29, 1.82) is 0 Å². The summed E-state index contributed by atoms with van der Waals surface area (Å²) in [5.41, 5.74) is 0. The maximum Gasteiger partial charge on any atom is 0.240 e. The van der Waals surface area contributed by atoms with Gasteiger partial charge < -0.3 is 5.32 Å². The normalized spacial score (nSPS) is 11.4. The molecule has 5 nitrogen and oxygen atoms in total. The van der Waals surface area contributed by atoms with Crippen LogP contribution in [0.1, 0.15) is 45.4 Å². The smallest absolute Gasteiger partial charge is 0.240 e. The fourth-order valence-corrected chi connectivity index (χ4v) is 3.20. The number of amides is 1. The molecule has 23 heavy (non-hydrogen) atoms. The molecule has 0 spiro atoms. The van der Waals surface area contributed by atoms with Gasteiger partial charge in [-0.15, -0.1) is 0 Å². The van der Waals surface area contributed by atoms with Crippen LogP contribution in [-0.2, 0) is 14.8 Å². The van der Waals surface area contributed by atoms with E-state index in [0.717, 1.165) is 12.8 Å². The summed E-state index contributed by atoms with van der Waals surface area (Å²) in [5.74, 6) is -0.140. The Balaban J connectivity index is 2.22. The molecule has 1 rings (SSSR count). The van der Waals surface area contributed by atoms with E-state index in [0.29, 0.717) is 11.6 Å². The van der Waals surface area contributed by atoms with Gasteiger partial charge in [-0.1, -0.05) is 44.2 Å². The topological polar surface area (TPSA) is 75.3 Å². The van der Waals surface area contributed by atoms with E-state index in [1.165, 1.54) is 43.5 Å². The van der Waals surface area contributed by atoms with Gasteiger partial charge in [0.1, 0.15) is 0 Å². The van der Waals surface area contributed by atoms with E-state index in [-0.39, 0.29) is 23.8 Å². The Kier molecular flexibility index (Phi) is 9.21. The van der Waals surface area contributed by atoms with Gasteiger partial charge in [-0.05, 0) is 30.7 Å². The van der Waals surface area contributed by atoms with Crippen LogP contribution < -0.4 is 10.0 Å². The first-order chi connectivity index (χ1) is 11.0. The molecule has 0 saturated heterocycles. The molecule has 1 aromatic carbocycles. The minimum absolute atomic E-state index is 0.0760. The van der Waals surface area contributed by atoms with Crippen LogP contribution in [0, 0.1) is 0 Å². The van der Waals surface area contributed by atoms with E-state index in [2.05, 4.69) is 17.0 Å². The molecule has 0 aliphatic carbocycles. The SMILES string of the molecule is CCCCCCCNC(=O)CCNS(=O)(=O)c1ccc(Cl)cc1. The number of benzene rings is 1. The van der Waals surface area contributed by atoms with Crippen molar-refractivity contribution in [3.63, 3.8) is 0 Å². The van der Waals surface area contributed by atoms with Crippen molar-refractivity contribution in [2.75, 3.05) is 13.1 Å². The number of sulfonamides is 1. The molecule has 0 atom stereocenters. The van der Waals surface area contributed by atoms with Gasteiger partial charge in [0.15, 0.2) is 0 Å². The number of nitrogens with one attached hydrogen (secondary N) is 2. The summed E-state index contributed by atoms with van der Waals surface area (Å²) in [5, 5.41) is 3.28. The van der Waals surface area contributed by atoms with Crippen LogP contribution in [0.15, 0.2) is 29.2 Å². The van der Waals surface area contributed by atoms with Crippen LogP contribution in [0.5, 0.6) is 0 Å². The molecule has 2 N–H and O–H groups in total. The van der Waals surface area contributed by atoms with Gasteiger partial charge in [-0.3, -0.25) is 4.79 Å². The second-order valence-electron chi connectivity index (χ2n) is 5.37. The third kappa shape index (κ3) is 8.34. The van der Waals surface area contributed by atoms with Gasteiger partial charge in [-0.2, -0.15) is 0 Å². The molecule has 7 heteroatoms. The Labute approximate surface area is 143 Å². The zero-order valence-corrected chi connectivity index (χ0v) is 15.0. The highest BCUT2D eigenvalue weighted by Crippen LogP contribution is 2.13. The first-order valence-corrected chi connectivity index (χ1v) is 9.83. The van der Waals surface area contributed by atoms with E-state index in [1.54, 1.807) is 0 Å². The third-order valence-electron chi connectivity index (χ3n) is 3.37. The molecule has 0 aromatic heterocycles. The van der Waals surface area contributed by atoms with E-state index in [1.807, 2.05) is 0 Å². The molecule has 0 bridgehead atoms. The number of hydrogen-bond donors (Lipinski definition) is 2. The highest BCUT2D eigenvalue weighted by atomic mass is 35.5. The molecule has 1 aromatic rings. The summed E-state index contributed by atoms with van der Waals surface area (Å²) < 4.78 is 26.4. The second kappa shape index (κ2) is 10.6. The Morgan fingerprint density at radius 3 is 2.35 bits per heavy atom. The van der Waals surface area contributed by atoms with Crippen LogP contribution in [0.3, 0.4) is 0 Å². The van der Waals surface area contributed by atoms with Gasteiger partial charge in [0, 0.05) is 24.5 Å². The third-order valence-corrected chi connectivity index (χ3v) is 5.10. The average molecular weight is 361 g/mol. The predicted octanol–water partition coefficient (Wildman–Crippen LogP) is 3.10. The van der Waals surface area contributed by atoms with Crippen molar-refractivity contribution in [1.82, 2.24) is 10.0 Å². The molecule has 0 radical (unpaired) electrons. The molecule has 130 valence electrons. The Bertz CT molecular complexity index is 573. The van der Waals surface area contributed by atoms with Gasteiger partial charge >= 0.3 is 0 Å². The van der Waals surface area contributed by atoms with E-state index < -0.39 is 10.0 Å². The number of unbranched alkanes of at least 4 members (excludes halogenated alkanes) is 4. The summed E-state index contributed by atoms with van der Waals surface area (Å²) in [7, 11) is -3.60. The molecule has 0 aliphatic rings. The van der Waals surface area contributed by atoms with E-state index in [4.69, 9.17) is 11.6 Å². The molecular weight excluding hydrogens is 336 g/mol. The Hall–Kier alpha value is -1.11. The largest absolute Gasteiger partial charge is 0.356 e. The average Bonchev–Trinajstić information content (AvgIpc) is 2.51. The summed E-state index contributed by atoms with van der Waals surface area (Å²) in [4.78, 5) is 11.8. The van der Waals surface area contributed by atoms with Crippen molar-refractivity contribution in [3.05, 3.63) is 29.3 Å². The van der Waals surface area contributed by atoms with Crippen LogP contribution in [0.25, 0.3) is 0 Å². The molecule has 1 amide bonds. The zero-order chi connectivity index (χ0) is 17.1. The number of rotatable bonds is 11. The second-order valence-corrected chi connectivity index (χ2v) is 7.57. The molecule has 0 aliphatic heterocycles. The van der Waals surface area contributed by atoms with Crippen molar-refractivity contribution in [2.45, 2.75) is 50.3 Å². The minimum Gasteiger partial charge on any atom is -0.356 e. The summed E-state index contributed by atoms with van der Waals surface area (Å²) in [6.07, 6.45) is 5.80. The van der Waals surface area contributed by atoms with Gasteiger partial charge in [0.2, 0.25) is 15.9 Å². The Morgan fingerprint density at radius 1 is 1.04 bits per heavy atom. The first-order valence-electron chi connectivity index (χ1n) is 7.97. The fraction of sp³-hybridized carbons (Fsp3) is 0.562. The lowest BCUT2D eigenvalue weighted by Gasteiger charge is -2.08. The van der Waals surface area contributed by atoms with Crippen LogP contribution in [0.4, 0.5) is 0 Å². The number of carbonyl (C=O) groups excluding carboxylic acids is 1. The molecule has 0 heterocycles. The highest BCUT2D eigenvalue weighted by molar-refractivity contribution is 7.89. The summed E-state index contributed by atoms with van der Waals surface area (Å²) in [6.45, 7) is 2.88. The van der Waals surface area contributed by atoms with Crippen molar-refractivity contribution < 1.29 is 13.2 Å². The van der Waals surface area contributed by atoms with E-state index >= 15 is 0 Å². The van der Waals surface area contributed by atoms with Crippen molar-refractivity contribution >= 4 is 27.5 Å². The van der Waals surface area contributed by atoms with Gasteiger partial charge in [0.25, 0.3) is 0 Å². The quantitative estimate of drug-likeness (QED) is 0.595. The number of hydrogen-bond acceptors (Lipinski definition) is 3. The summed E-state index contributed by atoms with van der Waals surface area (Å²) >= 11 is 5.73. The maximum atomic E-state index is 12.0. The molecule has 0 fully saturated rings. The fourth-order valence-electron chi connectivity index (χ4n) is 2.04. The zero-order valence-electron chi connectivity index (χ0n) is 13.5. The number of carbonyl (C=O) groups is 1. The van der Waals surface area contributed by atoms with Crippen molar-refractivity contribution in [2.24, 2.45) is 0 Å². The van der Waals surface area contributed by atoms with Gasteiger partial charge in [0.05, 0.1) is 4.90 Å². The molecule has 0 saturated carbocycles. The van der Waals surface area contributed by atoms with E-state index in [9.17, 15) is 13.2 Å². The van der Waals surface area contributed by atoms with Crippen molar-refractivity contribution in [3.8, 4) is 0 Å². The Morgan fingerprint density at radius 2 is 1.70 bits per heavy atom. The maximum absolute atomic E-state index is 12.0. The number of halogens is 1. The summed E-state index contributed by atoms with van der Waals surface area (Å²) in [6, 6.07) is 5.89. The minimum atomic E-state index is -3.60. The molecular formula is C16H25ClN2O3S. The predicted molar refractivity (Wildman–Crippen MR) is 93.0 cm³/mol. The lowest BCUT2D eigenvalue weighted by Crippen LogP contribution is -2.31. The first kappa shape index (κ1) is 19.9. The van der Waals surface area contributed by atoms with Crippen LogP contribution >= 0.6 is 11.6 Å².